The van der Waals surface area contributed by atoms with E-state index in [9.17, 15) is 0 Å². The van der Waals surface area contributed by atoms with Gasteiger partial charge in [-0.2, -0.15) is 0 Å². The summed E-state index contributed by atoms with van der Waals surface area (Å²) >= 11 is 0. The topological polar surface area (TPSA) is 16.1 Å². The summed E-state index contributed by atoms with van der Waals surface area (Å²) in [6.07, 6.45) is 5.14. The van der Waals surface area contributed by atoms with Crippen LogP contribution in [0.15, 0.2) is 30.3 Å². The average Bonchev–Trinajstić information content (AvgIpc) is 2.37. The summed E-state index contributed by atoms with van der Waals surface area (Å²) < 4.78 is 0. The number of benzene rings is 1. The number of nitrogens with zero attached hydrogens (tertiary/aromatic N) is 2. The molecule has 0 unspecified atom stereocenters. The molecular weight excluding hydrogens is 220 g/mol. The number of hydrogen-bond donors (Lipinski definition) is 0. The molecule has 0 saturated carbocycles. The first-order valence-corrected chi connectivity index (χ1v) is 6.40. The Kier molecular flexibility index (Phi) is 3.66. The molecule has 0 aliphatic carbocycles. The fourth-order valence-corrected chi connectivity index (χ4v) is 2.41. The third-order valence-electron chi connectivity index (χ3n) is 3.12. The molecule has 2 nitrogen and oxygen atoms in total. The van der Waals surface area contributed by atoms with Gasteiger partial charge in [-0.3, -0.25) is 0 Å². The Labute approximate surface area is 109 Å². The number of fused-ring (bicyclic) bond motifs is 1. The van der Waals surface area contributed by atoms with Crippen LogP contribution in [-0.2, 0) is 6.42 Å². The van der Waals surface area contributed by atoms with Crippen molar-refractivity contribution in [1.82, 2.24) is 4.98 Å². The molecule has 0 aliphatic heterocycles. The highest BCUT2D eigenvalue weighted by atomic mass is 15.1. The van der Waals surface area contributed by atoms with Crippen molar-refractivity contribution in [3.63, 3.8) is 0 Å². The number of rotatable bonds is 3. The Morgan fingerprint density at radius 2 is 1.94 bits per heavy atom. The van der Waals surface area contributed by atoms with Gasteiger partial charge in [0.2, 0.25) is 0 Å². The lowest BCUT2D eigenvalue weighted by molar-refractivity contribution is 1.05. The van der Waals surface area contributed by atoms with E-state index in [0.29, 0.717) is 0 Å². The average molecular weight is 240 g/mol. The van der Waals surface area contributed by atoms with Crippen LogP contribution in [0.3, 0.4) is 0 Å². The van der Waals surface area contributed by atoms with Crippen molar-refractivity contribution in [2.75, 3.05) is 19.0 Å². The van der Waals surface area contributed by atoms with Gasteiger partial charge in [0, 0.05) is 25.0 Å². The predicted octanol–water partition coefficient (Wildman–Crippen LogP) is 3.90. The third-order valence-corrected chi connectivity index (χ3v) is 3.12. The van der Waals surface area contributed by atoms with E-state index >= 15 is 0 Å². The molecule has 0 bridgehead atoms. The lowest BCUT2D eigenvalue weighted by atomic mass is 10.0. The van der Waals surface area contributed by atoms with Crippen LogP contribution >= 0.6 is 0 Å². The second-order valence-electron chi connectivity index (χ2n) is 4.59. The summed E-state index contributed by atoms with van der Waals surface area (Å²) in [5.41, 5.74) is 4.75. The lowest BCUT2D eigenvalue weighted by Crippen LogP contribution is -2.13. The Hall–Kier alpha value is -1.83. The smallest absolute Gasteiger partial charge is 0.0730 e. The zero-order valence-electron chi connectivity index (χ0n) is 11.6. The first-order chi connectivity index (χ1) is 8.69. The molecule has 2 aromatic rings. The summed E-state index contributed by atoms with van der Waals surface area (Å²) in [5, 5.41) is 1.23. The zero-order valence-corrected chi connectivity index (χ0v) is 11.6. The summed E-state index contributed by atoms with van der Waals surface area (Å²) in [4.78, 5) is 6.96. The molecule has 0 spiro atoms. The van der Waals surface area contributed by atoms with E-state index in [1.54, 1.807) is 0 Å². The second kappa shape index (κ2) is 5.21. The highest BCUT2D eigenvalue weighted by Gasteiger charge is 2.13. The molecule has 0 amide bonds. The molecule has 0 N–H and O–H groups in total. The largest absolute Gasteiger partial charge is 0.377 e. The van der Waals surface area contributed by atoms with Crippen molar-refractivity contribution >= 4 is 22.7 Å². The molecule has 1 aromatic carbocycles. The van der Waals surface area contributed by atoms with Crippen LogP contribution in [0, 0.1) is 0 Å². The van der Waals surface area contributed by atoms with Gasteiger partial charge in [0.15, 0.2) is 0 Å². The van der Waals surface area contributed by atoms with E-state index in [4.69, 9.17) is 4.98 Å². The summed E-state index contributed by atoms with van der Waals surface area (Å²) in [6, 6.07) is 8.34. The molecule has 94 valence electrons. The summed E-state index contributed by atoms with van der Waals surface area (Å²) in [7, 11) is 4.20. The van der Waals surface area contributed by atoms with E-state index in [2.05, 4.69) is 56.3 Å². The van der Waals surface area contributed by atoms with Crippen LogP contribution in [0.1, 0.15) is 25.1 Å². The Balaban J connectivity index is 2.87. The van der Waals surface area contributed by atoms with E-state index < -0.39 is 0 Å². The van der Waals surface area contributed by atoms with Crippen molar-refractivity contribution in [2.24, 2.45) is 0 Å². The first-order valence-electron chi connectivity index (χ1n) is 6.40. The SMILES string of the molecule is CC=Cc1nc2ccccc2c(N(C)C)c1CC. The molecule has 18 heavy (non-hydrogen) atoms. The quantitative estimate of drug-likeness (QED) is 0.809. The standard InChI is InChI=1S/C16H20N2/c1-5-9-14-12(6-2)16(18(3)4)13-10-7-8-11-15(13)17-14/h5,7-11H,6H2,1-4H3. The number of hydrogen-bond acceptors (Lipinski definition) is 2. The number of anilines is 1. The fraction of sp³-hybridized carbons (Fsp3) is 0.312. The second-order valence-corrected chi connectivity index (χ2v) is 4.59. The number of allylic oxidation sites excluding steroid dienone is 1. The Morgan fingerprint density at radius 3 is 2.56 bits per heavy atom. The molecule has 0 fully saturated rings. The van der Waals surface area contributed by atoms with Gasteiger partial charge < -0.3 is 4.90 Å². The normalized spacial score (nSPS) is 11.3. The minimum Gasteiger partial charge on any atom is -0.377 e. The van der Waals surface area contributed by atoms with Gasteiger partial charge in [0.05, 0.1) is 16.9 Å². The van der Waals surface area contributed by atoms with Gasteiger partial charge >= 0.3 is 0 Å². The van der Waals surface area contributed by atoms with Gasteiger partial charge in [-0.1, -0.05) is 31.2 Å². The van der Waals surface area contributed by atoms with E-state index in [-0.39, 0.29) is 0 Å². The summed E-state index contributed by atoms with van der Waals surface area (Å²) in [6.45, 7) is 4.22. The lowest BCUT2D eigenvalue weighted by Gasteiger charge is -2.21. The van der Waals surface area contributed by atoms with Crippen LogP contribution in [0.25, 0.3) is 17.0 Å². The van der Waals surface area contributed by atoms with Crippen molar-refractivity contribution in [3.8, 4) is 0 Å². The number of para-hydroxylation sites is 1. The molecule has 1 aromatic heterocycles. The zero-order chi connectivity index (χ0) is 13.1. The van der Waals surface area contributed by atoms with Crippen LogP contribution in [0.4, 0.5) is 5.69 Å². The maximum Gasteiger partial charge on any atom is 0.0730 e. The Morgan fingerprint density at radius 1 is 1.22 bits per heavy atom. The van der Waals surface area contributed by atoms with Gasteiger partial charge in [0.25, 0.3) is 0 Å². The maximum atomic E-state index is 4.77. The third kappa shape index (κ3) is 2.10. The molecular formula is C16H20N2. The highest BCUT2D eigenvalue weighted by Crippen LogP contribution is 2.31. The van der Waals surface area contributed by atoms with Crippen molar-refractivity contribution < 1.29 is 0 Å². The number of aromatic nitrogens is 1. The fourth-order valence-electron chi connectivity index (χ4n) is 2.41. The van der Waals surface area contributed by atoms with Gasteiger partial charge in [-0.05, 0) is 25.5 Å². The molecule has 0 aliphatic rings. The highest BCUT2D eigenvalue weighted by molar-refractivity contribution is 5.94. The van der Waals surface area contributed by atoms with Crippen LogP contribution in [-0.4, -0.2) is 19.1 Å². The van der Waals surface area contributed by atoms with E-state index in [1.807, 2.05) is 13.0 Å². The molecule has 2 heteroatoms. The molecule has 0 radical (unpaired) electrons. The minimum absolute atomic E-state index is 0.991. The monoisotopic (exact) mass is 240 g/mol. The summed E-state index contributed by atoms with van der Waals surface area (Å²) in [5.74, 6) is 0. The Bertz CT molecular complexity index is 583. The van der Waals surface area contributed by atoms with Crippen LogP contribution in [0.2, 0.25) is 0 Å². The first kappa shape index (κ1) is 12.6. The minimum atomic E-state index is 0.991. The molecule has 1 heterocycles. The molecule has 0 saturated heterocycles. The van der Waals surface area contributed by atoms with Gasteiger partial charge in [0.1, 0.15) is 0 Å². The van der Waals surface area contributed by atoms with Crippen molar-refractivity contribution in [2.45, 2.75) is 20.3 Å². The molecule has 0 atom stereocenters. The van der Waals surface area contributed by atoms with E-state index in [1.165, 1.54) is 16.6 Å². The van der Waals surface area contributed by atoms with Crippen LogP contribution in [0.5, 0.6) is 0 Å². The number of pyridine rings is 1. The van der Waals surface area contributed by atoms with Gasteiger partial charge in [-0.15, -0.1) is 0 Å². The van der Waals surface area contributed by atoms with Crippen molar-refractivity contribution in [3.05, 3.63) is 41.6 Å². The van der Waals surface area contributed by atoms with Gasteiger partial charge in [-0.25, -0.2) is 4.98 Å². The maximum absolute atomic E-state index is 4.77. The predicted molar refractivity (Wildman–Crippen MR) is 80.2 cm³/mol. The van der Waals surface area contributed by atoms with Crippen molar-refractivity contribution in [1.29, 1.82) is 0 Å². The van der Waals surface area contributed by atoms with Crippen LogP contribution < -0.4 is 4.90 Å². The molecule has 2 rings (SSSR count). The van der Waals surface area contributed by atoms with E-state index in [0.717, 1.165) is 17.6 Å².